The molecule has 20 heavy (non-hydrogen) atoms. The third-order valence-electron chi connectivity index (χ3n) is 2.82. The van der Waals surface area contributed by atoms with E-state index in [-0.39, 0.29) is 5.56 Å². The third-order valence-corrected chi connectivity index (χ3v) is 3.31. The molecular formula is C15H12BrF2NO. The minimum atomic E-state index is -0.776. The van der Waals surface area contributed by atoms with Gasteiger partial charge in [-0.25, -0.2) is 8.78 Å². The summed E-state index contributed by atoms with van der Waals surface area (Å²) in [5, 5.41) is 2.67. The second-order valence-corrected chi connectivity index (χ2v) is 5.18. The molecule has 0 aliphatic heterocycles. The van der Waals surface area contributed by atoms with Crippen LogP contribution in [0.3, 0.4) is 0 Å². The van der Waals surface area contributed by atoms with E-state index in [4.69, 9.17) is 0 Å². The molecule has 0 fully saturated rings. The van der Waals surface area contributed by atoms with Gasteiger partial charge in [-0.15, -0.1) is 0 Å². The predicted octanol–water partition coefficient (Wildman–Crippen LogP) is 4.54. The van der Waals surface area contributed by atoms with Crippen molar-refractivity contribution in [2.24, 2.45) is 0 Å². The van der Waals surface area contributed by atoms with Crippen molar-refractivity contribution in [3.63, 3.8) is 0 Å². The average Bonchev–Trinajstić information content (AvgIpc) is 2.39. The largest absolute Gasteiger partial charge is 0.322 e. The van der Waals surface area contributed by atoms with Crippen molar-refractivity contribution in [3.05, 3.63) is 63.6 Å². The number of benzene rings is 2. The molecule has 0 atom stereocenters. The Hall–Kier alpha value is -1.75. The van der Waals surface area contributed by atoms with Crippen LogP contribution < -0.4 is 5.32 Å². The predicted molar refractivity (Wildman–Crippen MR) is 77.8 cm³/mol. The van der Waals surface area contributed by atoms with Gasteiger partial charge < -0.3 is 5.32 Å². The van der Waals surface area contributed by atoms with Gasteiger partial charge in [0.05, 0.1) is 0 Å². The highest BCUT2D eigenvalue weighted by molar-refractivity contribution is 9.10. The number of carbonyl (C=O) groups excluding carboxylic acids is 1. The molecule has 104 valence electrons. The molecule has 1 N–H and O–H groups in total. The highest BCUT2D eigenvalue weighted by Crippen LogP contribution is 2.22. The lowest BCUT2D eigenvalue weighted by atomic mass is 10.1. The van der Waals surface area contributed by atoms with E-state index < -0.39 is 17.5 Å². The van der Waals surface area contributed by atoms with E-state index in [9.17, 15) is 13.6 Å². The molecule has 2 nitrogen and oxygen atoms in total. The molecule has 0 saturated carbocycles. The lowest BCUT2D eigenvalue weighted by Crippen LogP contribution is -2.13. The van der Waals surface area contributed by atoms with Gasteiger partial charge in [0.15, 0.2) is 0 Å². The molecule has 2 rings (SSSR count). The van der Waals surface area contributed by atoms with Crippen LogP contribution in [0.2, 0.25) is 0 Å². The van der Waals surface area contributed by atoms with Crippen molar-refractivity contribution >= 4 is 27.5 Å². The zero-order valence-electron chi connectivity index (χ0n) is 10.7. The fourth-order valence-corrected chi connectivity index (χ4v) is 2.26. The van der Waals surface area contributed by atoms with Crippen LogP contribution in [0, 0.1) is 11.6 Å². The van der Waals surface area contributed by atoms with Crippen LogP contribution in [0.5, 0.6) is 0 Å². The fourth-order valence-electron chi connectivity index (χ4n) is 1.86. The Balaban J connectivity index is 2.27. The zero-order chi connectivity index (χ0) is 14.7. The molecule has 0 aliphatic carbocycles. The van der Waals surface area contributed by atoms with Gasteiger partial charge in [-0.2, -0.15) is 0 Å². The number of hydrogen-bond donors (Lipinski definition) is 1. The van der Waals surface area contributed by atoms with Crippen molar-refractivity contribution in [1.82, 2.24) is 0 Å². The highest BCUT2D eigenvalue weighted by Gasteiger charge is 2.11. The van der Waals surface area contributed by atoms with E-state index in [2.05, 4.69) is 21.2 Å². The third kappa shape index (κ3) is 3.42. The van der Waals surface area contributed by atoms with E-state index in [0.717, 1.165) is 34.7 Å². The first-order chi connectivity index (χ1) is 9.49. The lowest BCUT2D eigenvalue weighted by Gasteiger charge is -2.10. The van der Waals surface area contributed by atoms with Crippen LogP contribution in [-0.2, 0) is 6.42 Å². The van der Waals surface area contributed by atoms with Crippen LogP contribution in [0.1, 0.15) is 22.8 Å². The summed E-state index contributed by atoms with van der Waals surface area (Å²) in [6, 6.07) is 8.17. The monoisotopic (exact) mass is 339 g/mol. The Morgan fingerprint density at radius 2 is 1.80 bits per heavy atom. The van der Waals surface area contributed by atoms with E-state index in [0.29, 0.717) is 5.69 Å². The summed E-state index contributed by atoms with van der Waals surface area (Å²) in [4.78, 5) is 12.0. The van der Waals surface area contributed by atoms with Crippen molar-refractivity contribution in [1.29, 1.82) is 0 Å². The molecule has 1 amide bonds. The number of halogens is 3. The molecule has 0 aliphatic rings. The molecule has 5 heteroatoms. The quantitative estimate of drug-likeness (QED) is 0.873. The minimum Gasteiger partial charge on any atom is -0.322 e. The number of anilines is 1. The summed E-state index contributed by atoms with van der Waals surface area (Å²) in [5.74, 6) is -2.09. The molecule has 0 saturated heterocycles. The van der Waals surface area contributed by atoms with Gasteiger partial charge in [-0.3, -0.25) is 4.79 Å². The number of nitrogens with one attached hydrogen (secondary N) is 1. The van der Waals surface area contributed by atoms with Crippen LogP contribution in [-0.4, -0.2) is 5.91 Å². The topological polar surface area (TPSA) is 29.1 Å². The fraction of sp³-hybridized carbons (Fsp3) is 0.133. The first-order valence-corrected chi connectivity index (χ1v) is 6.84. The second kappa shape index (κ2) is 6.13. The van der Waals surface area contributed by atoms with E-state index >= 15 is 0 Å². The smallest absolute Gasteiger partial charge is 0.255 e. The maximum absolute atomic E-state index is 13.1. The Labute approximate surface area is 123 Å². The van der Waals surface area contributed by atoms with Crippen molar-refractivity contribution < 1.29 is 13.6 Å². The molecule has 0 spiro atoms. The maximum atomic E-state index is 13.1. The SMILES string of the molecule is CCc1cc(Br)ccc1NC(=O)c1cc(F)cc(F)c1. The van der Waals surface area contributed by atoms with Gasteiger partial charge in [0.25, 0.3) is 5.91 Å². The minimum absolute atomic E-state index is 0.0486. The Bertz CT molecular complexity index is 638. The number of amides is 1. The highest BCUT2D eigenvalue weighted by atomic mass is 79.9. The first-order valence-electron chi connectivity index (χ1n) is 6.05. The normalized spacial score (nSPS) is 10.4. The van der Waals surface area contributed by atoms with Crippen molar-refractivity contribution in [3.8, 4) is 0 Å². The van der Waals surface area contributed by atoms with Crippen LogP contribution in [0.25, 0.3) is 0 Å². The summed E-state index contributed by atoms with van der Waals surface area (Å²) in [5.41, 5.74) is 1.52. The molecule has 2 aromatic rings. The lowest BCUT2D eigenvalue weighted by molar-refractivity contribution is 0.102. The molecule has 0 heterocycles. The first kappa shape index (κ1) is 14.7. The molecule has 0 bridgehead atoms. The summed E-state index contributed by atoms with van der Waals surface area (Å²) in [6.07, 6.45) is 0.729. The molecule has 0 unspecified atom stereocenters. The zero-order valence-corrected chi connectivity index (χ0v) is 12.3. The molecule has 2 aromatic carbocycles. The summed E-state index contributed by atoms with van der Waals surface area (Å²) < 4.78 is 27.1. The van der Waals surface area contributed by atoms with Gasteiger partial charge in [-0.1, -0.05) is 22.9 Å². The van der Waals surface area contributed by atoms with E-state index in [1.807, 2.05) is 13.0 Å². The van der Waals surface area contributed by atoms with Crippen molar-refractivity contribution in [2.75, 3.05) is 5.32 Å². The van der Waals surface area contributed by atoms with Crippen LogP contribution in [0.15, 0.2) is 40.9 Å². The number of aryl methyl sites for hydroxylation is 1. The number of carbonyl (C=O) groups is 1. The average molecular weight is 340 g/mol. The van der Waals surface area contributed by atoms with E-state index in [1.54, 1.807) is 12.1 Å². The summed E-state index contributed by atoms with van der Waals surface area (Å²) in [6.45, 7) is 1.96. The van der Waals surface area contributed by atoms with Gasteiger partial charge in [0.2, 0.25) is 0 Å². The van der Waals surface area contributed by atoms with Gasteiger partial charge >= 0.3 is 0 Å². The Morgan fingerprint density at radius 3 is 2.40 bits per heavy atom. The van der Waals surface area contributed by atoms with Crippen LogP contribution >= 0.6 is 15.9 Å². The molecular weight excluding hydrogens is 328 g/mol. The standard InChI is InChI=1S/C15H12BrF2NO/c1-2-9-5-11(16)3-4-14(9)19-15(20)10-6-12(17)8-13(18)7-10/h3-8H,2H2,1H3,(H,19,20). The molecule has 0 radical (unpaired) electrons. The maximum Gasteiger partial charge on any atom is 0.255 e. The van der Waals surface area contributed by atoms with Gasteiger partial charge in [0, 0.05) is 21.8 Å². The van der Waals surface area contributed by atoms with Gasteiger partial charge in [-0.05, 0) is 42.3 Å². The number of hydrogen-bond acceptors (Lipinski definition) is 1. The number of rotatable bonds is 3. The Kier molecular flexibility index (Phi) is 4.49. The molecule has 0 aromatic heterocycles. The Morgan fingerprint density at radius 1 is 1.15 bits per heavy atom. The van der Waals surface area contributed by atoms with Gasteiger partial charge in [0.1, 0.15) is 11.6 Å². The summed E-state index contributed by atoms with van der Waals surface area (Å²) in [7, 11) is 0. The van der Waals surface area contributed by atoms with Crippen molar-refractivity contribution in [2.45, 2.75) is 13.3 Å². The van der Waals surface area contributed by atoms with E-state index in [1.165, 1.54) is 0 Å². The summed E-state index contributed by atoms with van der Waals surface area (Å²) >= 11 is 3.36. The van der Waals surface area contributed by atoms with Crippen LogP contribution in [0.4, 0.5) is 14.5 Å². The second-order valence-electron chi connectivity index (χ2n) is 4.27.